The van der Waals surface area contributed by atoms with Crippen LogP contribution in [0.15, 0.2) is 12.7 Å². The van der Waals surface area contributed by atoms with Gasteiger partial charge in [0.05, 0.1) is 0 Å². The van der Waals surface area contributed by atoms with Crippen LogP contribution in [0.1, 0.15) is 0 Å². The van der Waals surface area contributed by atoms with Crippen molar-refractivity contribution in [1.82, 2.24) is 0 Å². The minimum atomic E-state index is -0.981. The quantitative estimate of drug-likeness (QED) is 0.383. The van der Waals surface area contributed by atoms with E-state index in [0.29, 0.717) is 0 Å². The topological polar surface area (TPSA) is 83.4 Å². The fourth-order valence-electron chi connectivity index (χ4n) is 0. The standard InChI is InChI=1S/C3H4O2.2CH3O.Ti/c1-2-3(4)5;2*1-2;/h2H,1H2,(H,4,5);2*1H3;/q;2*-1;+2. The van der Waals surface area contributed by atoms with Gasteiger partial charge < -0.3 is 15.3 Å². The third kappa shape index (κ3) is 108. The molecule has 0 aliphatic carbocycles. The number of hydrogen-bond acceptors (Lipinski definition) is 3. The van der Waals surface area contributed by atoms with E-state index in [4.69, 9.17) is 15.3 Å². The molecule has 0 unspecified atom stereocenters. The summed E-state index contributed by atoms with van der Waals surface area (Å²) in [6.45, 7) is 2.96. The van der Waals surface area contributed by atoms with Crippen molar-refractivity contribution in [3.8, 4) is 0 Å². The zero-order valence-corrected chi connectivity index (χ0v) is 7.52. The van der Waals surface area contributed by atoms with Crippen molar-refractivity contribution in [2.24, 2.45) is 0 Å². The number of rotatable bonds is 1. The number of carboxylic acid groups (broad SMARTS) is 1. The molecular formula is C5H10O4Ti. The Hall–Kier alpha value is -0.156. The first-order valence-electron chi connectivity index (χ1n) is 1.94. The third-order valence-corrected chi connectivity index (χ3v) is 0.175. The van der Waals surface area contributed by atoms with E-state index in [2.05, 4.69) is 6.58 Å². The number of carboxylic acids is 1. The maximum atomic E-state index is 9.25. The average Bonchev–Trinajstić information content (AvgIpc) is 1.97. The van der Waals surface area contributed by atoms with E-state index in [9.17, 15) is 4.79 Å². The summed E-state index contributed by atoms with van der Waals surface area (Å²) >= 11 is 0. The maximum Gasteiger partial charge on any atom is 2.00 e. The minimum Gasteiger partial charge on any atom is -0.857 e. The normalized spacial score (nSPS) is 4.40. The zero-order valence-electron chi connectivity index (χ0n) is 5.96. The Morgan fingerprint density at radius 3 is 1.50 bits per heavy atom. The van der Waals surface area contributed by atoms with Crippen LogP contribution in [0.2, 0.25) is 0 Å². The first-order valence-corrected chi connectivity index (χ1v) is 1.94. The van der Waals surface area contributed by atoms with Gasteiger partial charge in [-0.3, -0.25) is 0 Å². The fraction of sp³-hybridized carbons (Fsp3) is 0.400. The summed E-state index contributed by atoms with van der Waals surface area (Å²) in [7, 11) is 1.50. The van der Waals surface area contributed by atoms with Gasteiger partial charge in [0.1, 0.15) is 0 Å². The second kappa shape index (κ2) is 36.8. The van der Waals surface area contributed by atoms with E-state index in [-0.39, 0.29) is 21.7 Å². The molecule has 0 spiro atoms. The minimum absolute atomic E-state index is 0. The Kier molecular flexibility index (Phi) is 83.0. The molecule has 0 atom stereocenters. The monoisotopic (exact) mass is 182 g/mol. The van der Waals surface area contributed by atoms with E-state index < -0.39 is 5.97 Å². The van der Waals surface area contributed by atoms with Gasteiger partial charge in [0.15, 0.2) is 0 Å². The molecule has 1 N–H and O–H groups in total. The molecule has 0 aromatic carbocycles. The molecule has 10 heavy (non-hydrogen) atoms. The Balaban J connectivity index is -0.0000000315. The molecule has 0 heterocycles. The molecule has 0 radical (unpaired) electrons. The molecule has 0 aromatic rings. The molecule has 0 saturated heterocycles. The van der Waals surface area contributed by atoms with Crippen LogP contribution < -0.4 is 10.2 Å². The first-order chi connectivity index (χ1) is 4.27. The Labute approximate surface area is 75.1 Å². The van der Waals surface area contributed by atoms with E-state index >= 15 is 0 Å². The fourth-order valence-corrected chi connectivity index (χ4v) is 0. The van der Waals surface area contributed by atoms with Crippen molar-refractivity contribution in [2.45, 2.75) is 0 Å². The van der Waals surface area contributed by atoms with Gasteiger partial charge in [0, 0.05) is 6.08 Å². The molecule has 0 fully saturated rings. The second-order valence-electron chi connectivity index (χ2n) is 0.542. The van der Waals surface area contributed by atoms with Crippen LogP contribution in [0, 0.1) is 0 Å². The molecule has 0 aliphatic heterocycles. The van der Waals surface area contributed by atoms with Gasteiger partial charge in [-0.15, -0.1) is 0 Å². The Bertz CT molecular complexity index is 64.7. The predicted octanol–water partition coefficient (Wildman–Crippen LogP) is -1.79. The summed E-state index contributed by atoms with van der Waals surface area (Å²) < 4.78 is 0. The Morgan fingerprint density at radius 1 is 1.40 bits per heavy atom. The molecule has 0 bridgehead atoms. The van der Waals surface area contributed by atoms with Crippen LogP contribution in [-0.2, 0) is 26.5 Å². The van der Waals surface area contributed by atoms with Crippen LogP contribution in [0.5, 0.6) is 0 Å². The average molecular weight is 182 g/mol. The zero-order chi connectivity index (χ0) is 8.28. The molecular weight excluding hydrogens is 172 g/mol. The van der Waals surface area contributed by atoms with Gasteiger partial charge in [-0.25, -0.2) is 4.79 Å². The summed E-state index contributed by atoms with van der Waals surface area (Å²) in [6.07, 6.45) is 0.833. The predicted molar refractivity (Wildman–Crippen MR) is 29.7 cm³/mol. The van der Waals surface area contributed by atoms with Gasteiger partial charge in [-0.1, -0.05) is 6.58 Å². The van der Waals surface area contributed by atoms with Crippen LogP contribution in [-0.4, -0.2) is 25.3 Å². The van der Waals surface area contributed by atoms with Crippen molar-refractivity contribution in [1.29, 1.82) is 0 Å². The molecule has 0 aromatic heterocycles. The largest absolute Gasteiger partial charge is 2.00 e. The first kappa shape index (κ1) is 22.5. The maximum absolute atomic E-state index is 9.25. The summed E-state index contributed by atoms with van der Waals surface area (Å²) in [4.78, 5) is 9.25. The van der Waals surface area contributed by atoms with Crippen LogP contribution in [0.3, 0.4) is 0 Å². The molecule has 0 saturated carbocycles. The van der Waals surface area contributed by atoms with Crippen LogP contribution >= 0.6 is 0 Å². The van der Waals surface area contributed by atoms with E-state index in [1.165, 1.54) is 0 Å². The summed E-state index contributed by atoms with van der Waals surface area (Å²) in [5.41, 5.74) is 0. The third-order valence-electron chi connectivity index (χ3n) is 0.175. The number of aliphatic carboxylic acids is 1. The van der Waals surface area contributed by atoms with Crippen molar-refractivity contribution < 1.29 is 41.8 Å². The van der Waals surface area contributed by atoms with Crippen molar-refractivity contribution >= 4 is 5.97 Å². The number of hydrogen-bond donors (Lipinski definition) is 1. The molecule has 0 aliphatic rings. The van der Waals surface area contributed by atoms with Crippen molar-refractivity contribution in [2.75, 3.05) is 14.2 Å². The van der Waals surface area contributed by atoms with Gasteiger partial charge in [-0.05, 0) is 0 Å². The molecule has 58 valence electrons. The summed E-state index contributed by atoms with van der Waals surface area (Å²) in [5, 5.41) is 24.1. The second-order valence-corrected chi connectivity index (χ2v) is 0.542. The van der Waals surface area contributed by atoms with Gasteiger partial charge in [0.2, 0.25) is 0 Å². The van der Waals surface area contributed by atoms with E-state index in [1.807, 2.05) is 0 Å². The van der Waals surface area contributed by atoms with Gasteiger partial charge in [-0.2, -0.15) is 14.2 Å². The SMILES string of the molecule is C=CC(=O)O.C[O-].C[O-].[Ti+2]. The smallest absolute Gasteiger partial charge is 0.857 e. The summed E-state index contributed by atoms with van der Waals surface area (Å²) in [6, 6.07) is 0. The molecule has 0 rings (SSSR count). The van der Waals surface area contributed by atoms with E-state index in [1.54, 1.807) is 0 Å². The molecule has 4 nitrogen and oxygen atoms in total. The van der Waals surface area contributed by atoms with Gasteiger partial charge in [0.25, 0.3) is 0 Å². The molecule has 5 heteroatoms. The van der Waals surface area contributed by atoms with Gasteiger partial charge >= 0.3 is 27.7 Å². The Morgan fingerprint density at radius 2 is 1.50 bits per heavy atom. The van der Waals surface area contributed by atoms with Crippen LogP contribution in [0.4, 0.5) is 0 Å². The molecule has 0 amide bonds. The summed E-state index contributed by atoms with van der Waals surface area (Å²) in [5.74, 6) is -0.981. The van der Waals surface area contributed by atoms with Crippen molar-refractivity contribution in [3.05, 3.63) is 12.7 Å². The van der Waals surface area contributed by atoms with E-state index in [0.717, 1.165) is 20.3 Å². The van der Waals surface area contributed by atoms with Crippen LogP contribution in [0.25, 0.3) is 0 Å². The van der Waals surface area contributed by atoms with Crippen molar-refractivity contribution in [3.63, 3.8) is 0 Å². The number of carbonyl (C=O) groups is 1.